The van der Waals surface area contributed by atoms with Gasteiger partial charge in [0, 0.05) is 12.1 Å². The minimum Gasteiger partial charge on any atom is -0.497 e. The number of nitrogens with zero attached hydrogens (tertiary/aromatic N) is 2. The van der Waals surface area contributed by atoms with E-state index in [2.05, 4.69) is 17.1 Å². The highest BCUT2D eigenvalue weighted by Gasteiger charge is 2.42. The molecule has 0 spiro atoms. The van der Waals surface area contributed by atoms with Gasteiger partial charge in [-0.15, -0.1) is 0 Å². The summed E-state index contributed by atoms with van der Waals surface area (Å²) in [4.78, 5) is 14.8. The molecule has 1 aliphatic heterocycles. The van der Waals surface area contributed by atoms with Crippen molar-refractivity contribution >= 4 is 5.91 Å². The van der Waals surface area contributed by atoms with Crippen LogP contribution in [-0.4, -0.2) is 34.7 Å². The summed E-state index contributed by atoms with van der Waals surface area (Å²) < 4.78 is 10.9. The number of H-pyrrole nitrogens is 1. The average molecular weight is 337 g/mol. The Morgan fingerprint density at radius 3 is 2.92 bits per heavy atom. The van der Waals surface area contributed by atoms with E-state index >= 15 is 0 Å². The van der Waals surface area contributed by atoms with E-state index in [9.17, 15) is 4.79 Å². The summed E-state index contributed by atoms with van der Waals surface area (Å²) in [6, 6.07) is 11.3. The Labute approximate surface area is 145 Å². The van der Waals surface area contributed by atoms with E-state index in [1.807, 2.05) is 41.3 Å². The third-order valence-corrected chi connectivity index (χ3v) is 4.49. The summed E-state index contributed by atoms with van der Waals surface area (Å²) in [5.74, 6) is 1.38. The molecule has 0 saturated heterocycles. The lowest BCUT2D eigenvalue weighted by Crippen LogP contribution is -2.30. The van der Waals surface area contributed by atoms with Crippen molar-refractivity contribution in [2.24, 2.45) is 0 Å². The number of carbonyl (C=O) groups excluding carboxylic acids is 1. The number of amides is 1. The third-order valence-electron chi connectivity index (χ3n) is 4.49. The molecule has 1 atom stereocenters. The van der Waals surface area contributed by atoms with Gasteiger partial charge in [-0.3, -0.25) is 9.89 Å². The van der Waals surface area contributed by atoms with E-state index in [4.69, 9.17) is 9.15 Å². The summed E-state index contributed by atoms with van der Waals surface area (Å²) in [7, 11) is 1.64. The first-order chi connectivity index (χ1) is 12.2. The third kappa shape index (κ3) is 2.41. The molecule has 3 aromatic rings. The van der Waals surface area contributed by atoms with Gasteiger partial charge in [-0.2, -0.15) is 5.10 Å². The molecular formula is C19H19N3O3. The van der Waals surface area contributed by atoms with Gasteiger partial charge in [-0.1, -0.05) is 19.1 Å². The number of rotatable bonds is 5. The summed E-state index contributed by atoms with van der Waals surface area (Å²) in [6.45, 7) is 2.72. The molecule has 1 amide bonds. The molecule has 0 bridgehead atoms. The molecule has 128 valence electrons. The van der Waals surface area contributed by atoms with Crippen LogP contribution < -0.4 is 4.74 Å². The zero-order valence-corrected chi connectivity index (χ0v) is 14.2. The molecule has 4 rings (SSSR count). The smallest absolute Gasteiger partial charge is 0.275 e. The fourth-order valence-corrected chi connectivity index (χ4v) is 3.43. The normalized spacial score (nSPS) is 16.3. The van der Waals surface area contributed by atoms with E-state index in [1.54, 1.807) is 13.4 Å². The molecule has 1 aliphatic rings. The van der Waals surface area contributed by atoms with Crippen molar-refractivity contribution in [3.63, 3.8) is 0 Å². The van der Waals surface area contributed by atoms with Crippen LogP contribution >= 0.6 is 0 Å². The number of hydrogen-bond donors (Lipinski definition) is 1. The predicted molar refractivity (Wildman–Crippen MR) is 92.5 cm³/mol. The second kappa shape index (κ2) is 6.12. The maximum Gasteiger partial charge on any atom is 0.275 e. The Morgan fingerprint density at radius 1 is 1.32 bits per heavy atom. The van der Waals surface area contributed by atoms with E-state index < -0.39 is 0 Å². The van der Waals surface area contributed by atoms with Gasteiger partial charge >= 0.3 is 0 Å². The lowest BCUT2D eigenvalue weighted by molar-refractivity contribution is 0.0743. The Morgan fingerprint density at radius 2 is 2.20 bits per heavy atom. The zero-order valence-electron chi connectivity index (χ0n) is 14.2. The topological polar surface area (TPSA) is 71.4 Å². The second-order valence-electron chi connectivity index (χ2n) is 6.02. The highest BCUT2D eigenvalue weighted by atomic mass is 16.5. The first kappa shape index (κ1) is 15.5. The summed E-state index contributed by atoms with van der Waals surface area (Å²) in [5.41, 5.74) is 3.07. The number of aromatic nitrogens is 2. The van der Waals surface area contributed by atoms with Crippen LogP contribution in [0.15, 0.2) is 47.1 Å². The highest BCUT2D eigenvalue weighted by Crippen LogP contribution is 2.43. The van der Waals surface area contributed by atoms with Crippen LogP contribution in [0.2, 0.25) is 0 Å². The Kier molecular flexibility index (Phi) is 3.80. The van der Waals surface area contributed by atoms with Gasteiger partial charge in [-0.05, 0) is 36.2 Å². The molecule has 2 aromatic heterocycles. The monoisotopic (exact) mass is 337 g/mol. The standard InChI is InChI=1S/C19H19N3O3/c1-3-9-22-18(12-6-4-7-13(11-12)24-2)15-16(14-8-5-10-25-14)20-21-17(15)19(22)23/h4-8,10-11,18H,3,9H2,1-2H3,(H,20,21)/t18-/m1/s1. The molecule has 0 saturated carbocycles. The van der Waals surface area contributed by atoms with Gasteiger partial charge in [-0.25, -0.2) is 0 Å². The van der Waals surface area contributed by atoms with Crippen molar-refractivity contribution in [3.05, 3.63) is 59.5 Å². The van der Waals surface area contributed by atoms with Crippen LogP contribution in [-0.2, 0) is 0 Å². The van der Waals surface area contributed by atoms with Crippen LogP contribution in [0.3, 0.4) is 0 Å². The molecule has 0 radical (unpaired) electrons. The minimum absolute atomic E-state index is 0.0567. The first-order valence-electron chi connectivity index (χ1n) is 8.31. The van der Waals surface area contributed by atoms with Gasteiger partial charge < -0.3 is 14.1 Å². The number of benzene rings is 1. The SMILES string of the molecule is CCCN1C(=O)c2n[nH]c(-c3ccco3)c2[C@H]1c1cccc(OC)c1. The Hall–Kier alpha value is -3.02. The van der Waals surface area contributed by atoms with Crippen LogP contribution in [0.4, 0.5) is 0 Å². The van der Waals surface area contributed by atoms with E-state index in [0.29, 0.717) is 18.0 Å². The Bertz CT molecular complexity index is 899. The quantitative estimate of drug-likeness (QED) is 0.772. The molecule has 1 aromatic carbocycles. The maximum absolute atomic E-state index is 12.9. The van der Waals surface area contributed by atoms with Crippen molar-refractivity contribution < 1.29 is 13.9 Å². The number of aromatic amines is 1. The first-order valence-corrected chi connectivity index (χ1v) is 8.31. The molecule has 0 aliphatic carbocycles. The van der Waals surface area contributed by atoms with Crippen LogP contribution in [0.5, 0.6) is 5.75 Å². The highest BCUT2D eigenvalue weighted by molar-refractivity contribution is 5.99. The lowest BCUT2D eigenvalue weighted by Gasteiger charge is -2.26. The number of nitrogens with one attached hydrogen (secondary N) is 1. The summed E-state index contributed by atoms with van der Waals surface area (Å²) >= 11 is 0. The minimum atomic E-state index is -0.212. The van der Waals surface area contributed by atoms with E-state index in [0.717, 1.165) is 29.0 Å². The number of methoxy groups -OCH3 is 1. The van der Waals surface area contributed by atoms with Crippen LogP contribution in [0.25, 0.3) is 11.5 Å². The molecular weight excluding hydrogens is 318 g/mol. The van der Waals surface area contributed by atoms with Crippen molar-refractivity contribution in [1.82, 2.24) is 15.1 Å². The average Bonchev–Trinajstić information content (AvgIpc) is 3.34. The number of furan rings is 1. The molecule has 6 heteroatoms. The summed E-state index contributed by atoms with van der Waals surface area (Å²) in [5, 5.41) is 7.25. The fourth-order valence-electron chi connectivity index (χ4n) is 3.43. The maximum atomic E-state index is 12.9. The van der Waals surface area contributed by atoms with Crippen LogP contribution in [0.1, 0.15) is 41.0 Å². The van der Waals surface area contributed by atoms with E-state index in [-0.39, 0.29) is 11.9 Å². The van der Waals surface area contributed by atoms with Gasteiger partial charge in [0.2, 0.25) is 0 Å². The molecule has 0 fully saturated rings. The zero-order chi connectivity index (χ0) is 17.4. The molecule has 0 unspecified atom stereocenters. The largest absolute Gasteiger partial charge is 0.497 e. The molecule has 3 heterocycles. The molecule has 25 heavy (non-hydrogen) atoms. The van der Waals surface area contributed by atoms with Crippen molar-refractivity contribution in [3.8, 4) is 17.2 Å². The predicted octanol–water partition coefficient (Wildman–Crippen LogP) is 3.63. The molecule has 1 N–H and O–H groups in total. The van der Waals surface area contributed by atoms with Crippen LogP contribution in [0, 0.1) is 0 Å². The molecule has 6 nitrogen and oxygen atoms in total. The number of ether oxygens (including phenoxy) is 1. The summed E-state index contributed by atoms with van der Waals surface area (Å²) in [6.07, 6.45) is 2.49. The number of carbonyl (C=O) groups is 1. The van der Waals surface area contributed by atoms with Gasteiger partial charge in [0.25, 0.3) is 5.91 Å². The Balaban J connectivity index is 1.89. The fraction of sp³-hybridized carbons (Fsp3) is 0.263. The number of fused-ring (bicyclic) bond motifs is 1. The van der Waals surface area contributed by atoms with Gasteiger partial charge in [0.15, 0.2) is 11.5 Å². The number of hydrogen-bond acceptors (Lipinski definition) is 4. The lowest BCUT2D eigenvalue weighted by atomic mass is 9.97. The van der Waals surface area contributed by atoms with Gasteiger partial charge in [0.05, 0.1) is 19.4 Å². The van der Waals surface area contributed by atoms with Crippen molar-refractivity contribution in [1.29, 1.82) is 0 Å². The van der Waals surface area contributed by atoms with E-state index in [1.165, 1.54) is 0 Å². The second-order valence-corrected chi connectivity index (χ2v) is 6.02. The van der Waals surface area contributed by atoms with Crippen molar-refractivity contribution in [2.75, 3.05) is 13.7 Å². The van der Waals surface area contributed by atoms with Crippen molar-refractivity contribution in [2.45, 2.75) is 19.4 Å². The van der Waals surface area contributed by atoms with Gasteiger partial charge in [0.1, 0.15) is 11.4 Å².